The summed E-state index contributed by atoms with van der Waals surface area (Å²) in [5.41, 5.74) is 4.19. The fraction of sp³-hybridized carbons (Fsp3) is 0.300. The molecule has 0 bridgehead atoms. The highest BCUT2D eigenvalue weighted by atomic mass is 32.2. The number of carbonyl (C=O) groups is 1. The molecule has 0 saturated heterocycles. The van der Waals surface area contributed by atoms with Crippen molar-refractivity contribution in [1.29, 1.82) is 0 Å². The Morgan fingerprint density at radius 1 is 0.857 bits per heavy atom. The minimum atomic E-state index is -3.87. The van der Waals surface area contributed by atoms with Gasteiger partial charge in [-0.15, -0.1) is 0 Å². The lowest BCUT2D eigenvalue weighted by molar-refractivity contribution is -0.123. The first-order chi connectivity index (χ1) is 17.0. The lowest BCUT2D eigenvalue weighted by Crippen LogP contribution is -2.20. The van der Waals surface area contributed by atoms with E-state index < -0.39 is 10.0 Å². The van der Waals surface area contributed by atoms with Gasteiger partial charge in [-0.25, -0.2) is 12.4 Å². The van der Waals surface area contributed by atoms with Crippen LogP contribution in [0.5, 0.6) is 0 Å². The monoisotopic (exact) mass is 485 g/mol. The number of rotatable bonds is 7. The molecule has 3 aromatic carbocycles. The number of hydrogen-bond donors (Lipinski definition) is 0. The molecule has 1 saturated carbocycles. The fourth-order valence-electron chi connectivity index (χ4n) is 5.38. The molecular weight excluding hydrogens is 454 g/mol. The molecule has 35 heavy (non-hydrogen) atoms. The summed E-state index contributed by atoms with van der Waals surface area (Å²) in [7, 11) is -3.87. The van der Waals surface area contributed by atoms with Gasteiger partial charge in [0.1, 0.15) is 5.78 Å². The molecule has 4 aromatic rings. The van der Waals surface area contributed by atoms with E-state index in [0.717, 1.165) is 47.8 Å². The summed E-state index contributed by atoms with van der Waals surface area (Å²) < 4.78 is 29.6. The van der Waals surface area contributed by atoms with Crippen molar-refractivity contribution in [1.82, 2.24) is 3.97 Å². The van der Waals surface area contributed by atoms with Crippen molar-refractivity contribution >= 4 is 26.7 Å². The summed E-state index contributed by atoms with van der Waals surface area (Å²) in [6, 6.07) is 24.5. The molecule has 180 valence electrons. The number of fused-ring (bicyclic) bond motifs is 1. The van der Waals surface area contributed by atoms with E-state index in [-0.39, 0.29) is 16.6 Å². The average Bonchev–Trinajstić information content (AvgIpc) is 3.23. The molecular formula is C30H31NO3S. The van der Waals surface area contributed by atoms with Crippen LogP contribution >= 0.6 is 0 Å². The Morgan fingerprint density at radius 3 is 2.23 bits per heavy atom. The maximum absolute atomic E-state index is 14.0. The molecule has 5 rings (SSSR count). The molecule has 1 aromatic heterocycles. The number of aromatic nitrogens is 1. The van der Waals surface area contributed by atoms with Crippen LogP contribution in [-0.2, 0) is 21.2 Å². The standard InChI is InChI=1S/C30H31NO3S/c1-22-16-18-25(19-17-22)35(33,34)31-27-15-9-8-14-26(27)30(24-12-6-3-7-13-24)28(31)20-21-29(32)23-10-4-2-5-11-23/h3,6-9,12-19,23H,2,4-5,10-11,20-21H2,1H3. The number of para-hydroxylation sites is 1. The van der Waals surface area contributed by atoms with Gasteiger partial charge >= 0.3 is 0 Å². The summed E-state index contributed by atoms with van der Waals surface area (Å²) in [5, 5.41) is 0.884. The first-order valence-electron chi connectivity index (χ1n) is 12.5. The summed E-state index contributed by atoms with van der Waals surface area (Å²) in [5.74, 6) is 0.365. The first kappa shape index (κ1) is 23.6. The number of carbonyl (C=O) groups excluding carboxylic acids is 1. The Kier molecular flexibility index (Phi) is 6.61. The Bertz CT molecular complexity index is 1450. The van der Waals surface area contributed by atoms with Crippen LogP contribution in [-0.4, -0.2) is 18.2 Å². The number of benzene rings is 3. The highest BCUT2D eigenvalue weighted by Crippen LogP contribution is 2.38. The maximum Gasteiger partial charge on any atom is 0.268 e. The zero-order chi connectivity index (χ0) is 24.4. The molecule has 1 aliphatic rings. The van der Waals surface area contributed by atoms with Crippen LogP contribution in [0.2, 0.25) is 0 Å². The Hall–Kier alpha value is -3.18. The third-order valence-electron chi connectivity index (χ3n) is 7.22. The number of nitrogens with zero attached hydrogens (tertiary/aromatic N) is 1. The van der Waals surface area contributed by atoms with E-state index in [2.05, 4.69) is 0 Å². The maximum atomic E-state index is 14.0. The molecule has 1 heterocycles. The Morgan fingerprint density at radius 2 is 1.51 bits per heavy atom. The molecule has 0 N–H and O–H groups in total. The van der Waals surface area contributed by atoms with Crippen molar-refractivity contribution in [3.8, 4) is 11.1 Å². The highest BCUT2D eigenvalue weighted by Gasteiger charge is 2.29. The van der Waals surface area contributed by atoms with Gasteiger partial charge in [-0.1, -0.05) is 85.5 Å². The lowest BCUT2D eigenvalue weighted by atomic mass is 9.84. The molecule has 0 amide bonds. The first-order valence-corrected chi connectivity index (χ1v) is 13.9. The Balaban J connectivity index is 1.68. The van der Waals surface area contributed by atoms with Crippen LogP contribution in [0.15, 0.2) is 83.8 Å². The molecule has 1 fully saturated rings. The summed E-state index contributed by atoms with van der Waals surface area (Å²) in [6.45, 7) is 1.94. The molecule has 1 aliphatic carbocycles. The topological polar surface area (TPSA) is 56.1 Å². The van der Waals surface area contributed by atoms with Gasteiger partial charge in [-0.2, -0.15) is 0 Å². The molecule has 0 aliphatic heterocycles. The van der Waals surface area contributed by atoms with Crippen molar-refractivity contribution in [2.45, 2.75) is 56.8 Å². The normalized spacial score (nSPS) is 14.9. The minimum Gasteiger partial charge on any atom is -0.299 e. The van der Waals surface area contributed by atoms with Gasteiger partial charge in [0.25, 0.3) is 10.0 Å². The fourth-order valence-corrected chi connectivity index (χ4v) is 6.96. The third kappa shape index (κ3) is 4.57. The van der Waals surface area contributed by atoms with Crippen LogP contribution in [0.3, 0.4) is 0 Å². The van der Waals surface area contributed by atoms with Crippen LogP contribution in [0, 0.1) is 12.8 Å². The van der Waals surface area contributed by atoms with E-state index in [4.69, 9.17) is 0 Å². The van der Waals surface area contributed by atoms with Crippen molar-refractivity contribution in [2.24, 2.45) is 5.92 Å². The van der Waals surface area contributed by atoms with Crippen molar-refractivity contribution in [3.05, 3.63) is 90.1 Å². The smallest absolute Gasteiger partial charge is 0.268 e. The van der Waals surface area contributed by atoms with Crippen LogP contribution in [0.25, 0.3) is 22.0 Å². The molecule has 0 unspecified atom stereocenters. The van der Waals surface area contributed by atoms with E-state index in [1.165, 1.54) is 10.4 Å². The molecule has 4 nitrogen and oxygen atoms in total. The number of hydrogen-bond acceptors (Lipinski definition) is 3. The zero-order valence-electron chi connectivity index (χ0n) is 20.1. The Labute approximate surface area is 207 Å². The van der Waals surface area contributed by atoms with Crippen molar-refractivity contribution in [3.63, 3.8) is 0 Å². The van der Waals surface area contributed by atoms with Crippen LogP contribution < -0.4 is 0 Å². The van der Waals surface area contributed by atoms with E-state index in [1.54, 1.807) is 12.1 Å². The lowest BCUT2D eigenvalue weighted by Gasteiger charge is -2.20. The van der Waals surface area contributed by atoms with E-state index in [9.17, 15) is 13.2 Å². The van der Waals surface area contributed by atoms with Gasteiger partial charge in [0.05, 0.1) is 10.4 Å². The summed E-state index contributed by atoms with van der Waals surface area (Å²) in [4.78, 5) is 13.4. The SMILES string of the molecule is Cc1ccc(S(=O)(=O)n2c(CCC(=O)C3CCCCC3)c(-c3ccccc3)c3ccccc32)cc1. The predicted molar refractivity (Wildman–Crippen MR) is 141 cm³/mol. The van der Waals surface area contributed by atoms with Gasteiger partial charge in [-0.05, 0) is 49.9 Å². The molecule has 0 spiro atoms. The number of ketones is 1. The van der Waals surface area contributed by atoms with E-state index in [1.807, 2.05) is 73.7 Å². The third-order valence-corrected chi connectivity index (χ3v) is 8.98. The zero-order valence-corrected chi connectivity index (χ0v) is 20.9. The number of aryl methyl sites for hydroxylation is 1. The summed E-state index contributed by atoms with van der Waals surface area (Å²) >= 11 is 0. The largest absolute Gasteiger partial charge is 0.299 e. The predicted octanol–water partition coefficient (Wildman–Crippen LogP) is 6.94. The van der Waals surface area contributed by atoms with E-state index in [0.29, 0.717) is 24.1 Å². The quantitative estimate of drug-likeness (QED) is 0.285. The summed E-state index contributed by atoms with van der Waals surface area (Å²) in [6.07, 6.45) is 6.06. The second kappa shape index (κ2) is 9.82. The van der Waals surface area contributed by atoms with Crippen LogP contribution in [0.4, 0.5) is 0 Å². The highest BCUT2D eigenvalue weighted by molar-refractivity contribution is 7.90. The van der Waals surface area contributed by atoms with E-state index >= 15 is 0 Å². The molecule has 5 heteroatoms. The van der Waals surface area contributed by atoms with Crippen molar-refractivity contribution in [2.75, 3.05) is 0 Å². The average molecular weight is 486 g/mol. The van der Waals surface area contributed by atoms with Gasteiger partial charge in [0.2, 0.25) is 0 Å². The molecule has 0 radical (unpaired) electrons. The van der Waals surface area contributed by atoms with Gasteiger partial charge in [0.15, 0.2) is 0 Å². The van der Waals surface area contributed by atoms with Crippen molar-refractivity contribution < 1.29 is 13.2 Å². The number of Topliss-reactive ketones (excluding diaryl/α,β-unsaturated/α-hetero) is 1. The molecule has 0 atom stereocenters. The van der Waals surface area contributed by atoms with Gasteiger partial charge in [0, 0.05) is 29.0 Å². The second-order valence-electron chi connectivity index (χ2n) is 9.59. The minimum absolute atomic E-state index is 0.107. The van der Waals surface area contributed by atoms with Gasteiger partial charge in [-0.3, -0.25) is 4.79 Å². The van der Waals surface area contributed by atoms with Gasteiger partial charge < -0.3 is 0 Å². The van der Waals surface area contributed by atoms with Crippen LogP contribution in [0.1, 0.15) is 49.8 Å². The second-order valence-corrected chi connectivity index (χ2v) is 11.4.